The first-order chi connectivity index (χ1) is 16.3. The number of rotatable bonds is 11. The smallest absolute Gasteiger partial charge is 0.246 e. The van der Waals surface area contributed by atoms with Crippen molar-refractivity contribution in [2.45, 2.75) is 45.6 Å². The van der Waals surface area contributed by atoms with Crippen molar-refractivity contribution in [3.05, 3.63) is 35.2 Å². The van der Waals surface area contributed by atoms with Crippen molar-refractivity contribution in [1.29, 1.82) is 0 Å². The number of ether oxygens (including phenoxy) is 3. The molecule has 34 heavy (non-hydrogen) atoms. The molecule has 10 nitrogen and oxygen atoms in total. The van der Waals surface area contributed by atoms with Crippen LogP contribution in [-0.4, -0.2) is 74.5 Å². The number of benzene rings is 1. The van der Waals surface area contributed by atoms with Crippen molar-refractivity contribution < 1.29 is 27.4 Å². The predicted molar refractivity (Wildman–Crippen MR) is 127 cm³/mol. The molecule has 0 unspecified atom stereocenters. The van der Waals surface area contributed by atoms with Crippen molar-refractivity contribution in [2.24, 2.45) is 0 Å². The number of morpholine rings is 1. The number of nitrogens with zero attached hydrogens (tertiary/aromatic N) is 3. The van der Waals surface area contributed by atoms with Crippen LogP contribution in [0.25, 0.3) is 0 Å². The van der Waals surface area contributed by atoms with Crippen molar-refractivity contribution in [1.82, 2.24) is 19.4 Å². The summed E-state index contributed by atoms with van der Waals surface area (Å²) in [7, 11) is -3.69. The van der Waals surface area contributed by atoms with Crippen LogP contribution in [0, 0.1) is 13.8 Å². The Balaban J connectivity index is 1.60. The summed E-state index contributed by atoms with van der Waals surface area (Å²) in [4.78, 5) is 12.7. The maximum absolute atomic E-state index is 13.1. The van der Waals surface area contributed by atoms with Crippen molar-refractivity contribution >= 4 is 15.9 Å². The van der Waals surface area contributed by atoms with E-state index in [4.69, 9.17) is 14.2 Å². The number of nitrogens with one attached hydrogen (secondary N) is 1. The molecule has 1 aliphatic rings. The highest BCUT2D eigenvalue weighted by molar-refractivity contribution is 7.89. The summed E-state index contributed by atoms with van der Waals surface area (Å²) in [6.07, 6.45) is 0.617. The molecule has 1 fully saturated rings. The van der Waals surface area contributed by atoms with E-state index in [1.807, 2.05) is 32.0 Å². The lowest BCUT2D eigenvalue weighted by Crippen LogP contribution is -2.41. The van der Waals surface area contributed by atoms with Gasteiger partial charge in [0, 0.05) is 19.6 Å². The molecule has 1 aromatic carbocycles. The molecule has 1 amide bonds. The van der Waals surface area contributed by atoms with Gasteiger partial charge >= 0.3 is 0 Å². The maximum Gasteiger partial charge on any atom is 0.246 e. The van der Waals surface area contributed by atoms with Crippen molar-refractivity contribution in [3.8, 4) is 11.5 Å². The highest BCUT2D eigenvalue weighted by Crippen LogP contribution is 2.28. The molecule has 0 spiro atoms. The van der Waals surface area contributed by atoms with E-state index < -0.39 is 10.0 Å². The second kappa shape index (κ2) is 11.7. The molecule has 11 heteroatoms. The fraction of sp³-hybridized carbons (Fsp3) is 0.565. The second-order valence-corrected chi connectivity index (χ2v) is 9.80. The van der Waals surface area contributed by atoms with E-state index >= 15 is 0 Å². The van der Waals surface area contributed by atoms with Crippen LogP contribution in [0.4, 0.5) is 0 Å². The minimum absolute atomic E-state index is 0.0568. The van der Waals surface area contributed by atoms with Crippen LogP contribution in [0.1, 0.15) is 30.8 Å². The third-order valence-electron chi connectivity index (χ3n) is 5.52. The van der Waals surface area contributed by atoms with E-state index in [1.54, 1.807) is 13.8 Å². The fourth-order valence-electron chi connectivity index (χ4n) is 3.91. The number of sulfonamides is 1. The standard InChI is InChI=1S/C23H34N4O6S/c1-5-32-20-8-7-19(15-21(20)33-6-2)9-10-24-22(28)16-27-18(4)23(17(3)25-27)34(29,30)26-11-13-31-14-12-26/h7-8,15H,5-6,9-14,16H2,1-4H3,(H,24,28). The predicted octanol–water partition coefficient (Wildman–Crippen LogP) is 1.68. The molecule has 0 bridgehead atoms. The Kier molecular flexibility index (Phi) is 8.92. The number of hydrogen-bond donors (Lipinski definition) is 1. The van der Waals surface area contributed by atoms with Gasteiger partial charge in [0.2, 0.25) is 15.9 Å². The third kappa shape index (κ3) is 6.08. The topological polar surface area (TPSA) is 112 Å². The van der Waals surface area contributed by atoms with Crippen LogP contribution >= 0.6 is 0 Å². The highest BCUT2D eigenvalue weighted by atomic mass is 32.2. The number of aryl methyl sites for hydroxylation is 1. The van der Waals surface area contributed by atoms with Gasteiger partial charge in [-0.2, -0.15) is 9.40 Å². The summed E-state index contributed by atoms with van der Waals surface area (Å²) >= 11 is 0. The quantitative estimate of drug-likeness (QED) is 0.506. The number of carbonyl (C=O) groups excluding carboxylic acids is 1. The van der Waals surface area contributed by atoms with E-state index in [-0.39, 0.29) is 17.3 Å². The minimum atomic E-state index is -3.69. The molecule has 2 aromatic rings. The van der Waals surface area contributed by atoms with Gasteiger partial charge in [0.1, 0.15) is 11.4 Å². The number of carbonyl (C=O) groups is 1. The van der Waals surface area contributed by atoms with E-state index in [0.717, 1.165) is 5.56 Å². The van der Waals surface area contributed by atoms with Crippen LogP contribution in [0.5, 0.6) is 11.5 Å². The second-order valence-electron chi connectivity index (χ2n) is 7.92. The first-order valence-corrected chi connectivity index (χ1v) is 13.0. The lowest BCUT2D eigenvalue weighted by atomic mass is 10.1. The summed E-state index contributed by atoms with van der Waals surface area (Å²) in [6.45, 7) is 9.98. The lowest BCUT2D eigenvalue weighted by molar-refractivity contribution is -0.121. The average molecular weight is 495 g/mol. The van der Waals surface area contributed by atoms with Crippen LogP contribution in [0.15, 0.2) is 23.1 Å². The summed E-state index contributed by atoms with van der Waals surface area (Å²) in [5, 5.41) is 7.21. The first-order valence-electron chi connectivity index (χ1n) is 11.5. The number of aromatic nitrogens is 2. The zero-order chi connectivity index (χ0) is 24.7. The van der Waals surface area contributed by atoms with Crippen LogP contribution < -0.4 is 14.8 Å². The number of amides is 1. The van der Waals surface area contributed by atoms with Crippen LogP contribution in [0.3, 0.4) is 0 Å². The SMILES string of the molecule is CCOc1ccc(CCNC(=O)Cn2nc(C)c(S(=O)(=O)N3CCOCC3)c2C)cc1OCC. The Labute approximate surface area is 201 Å². The molecule has 1 aliphatic heterocycles. The van der Waals surface area contributed by atoms with Gasteiger partial charge in [-0.3, -0.25) is 9.48 Å². The highest BCUT2D eigenvalue weighted by Gasteiger charge is 2.32. The Morgan fingerprint density at radius 1 is 1.12 bits per heavy atom. The summed E-state index contributed by atoms with van der Waals surface area (Å²) < 4.78 is 45.5. The molecule has 0 saturated carbocycles. The van der Waals surface area contributed by atoms with Gasteiger partial charge in [0.25, 0.3) is 0 Å². The number of hydrogen-bond acceptors (Lipinski definition) is 7. The molecule has 1 saturated heterocycles. The first kappa shape index (κ1) is 26.0. The van der Waals surface area contributed by atoms with Gasteiger partial charge in [-0.15, -0.1) is 0 Å². The van der Waals surface area contributed by atoms with Crippen molar-refractivity contribution in [2.75, 3.05) is 46.1 Å². The average Bonchev–Trinajstić information content (AvgIpc) is 3.09. The van der Waals surface area contributed by atoms with Gasteiger partial charge in [-0.25, -0.2) is 8.42 Å². The molecule has 3 rings (SSSR count). The molecular formula is C23H34N4O6S. The lowest BCUT2D eigenvalue weighted by Gasteiger charge is -2.26. The molecule has 1 aromatic heterocycles. The molecule has 1 N–H and O–H groups in total. The molecule has 0 atom stereocenters. The maximum atomic E-state index is 13.1. The Hall–Kier alpha value is -2.63. The van der Waals surface area contributed by atoms with E-state index in [2.05, 4.69) is 10.4 Å². The zero-order valence-electron chi connectivity index (χ0n) is 20.3. The monoisotopic (exact) mass is 494 g/mol. The Morgan fingerprint density at radius 3 is 2.47 bits per heavy atom. The summed E-state index contributed by atoms with van der Waals surface area (Å²) in [6, 6.07) is 5.74. The molecule has 2 heterocycles. The third-order valence-corrected chi connectivity index (χ3v) is 7.67. The van der Waals surface area contributed by atoms with Crippen LogP contribution in [-0.2, 0) is 32.5 Å². The normalized spacial score (nSPS) is 14.7. The minimum Gasteiger partial charge on any atom is -0.490 e. The fourth-order valence-corrected chi connectivity index (χ4v) is 5.69. The van der Waals surface area contributed by atoms with Gasteiger partial charge in [-0.1, -0.05) is 6.07 Å². The Bertz CT molecular complexity index is 1090. The Morgan fingerprint density at radius 2 is 1.79 bits per heavy atom. The largest absolute Gasteiger partial charge is 0.490 e. The molecule has 0 aliphatic carbocycles. The van der Waals surface area contributed by atoms with E-state index in [1.165, 1.54) is 8.99 Å². The summed E-state index contributed by atoms with van der Waals surface area (Å²) in [5.41, 5.74) is 1.85. The van der Waals surface area contributed by atoms with Gasteiger partial charge < -0.3 is 19.5 Å². The van der Waals surface area contributed by atoms with E-state index in [0.29, 0.717) is 75.4 Å². The zero-order valence-corrected chi connectivity index (χ0v) is 21.1. The van der Waals surface area contributed by atoms with E-state index in [9.17, 15) is 13.2 Å². The summed E-state index contributed by atoms with van der Waals surface area (Å²) in [5.74, 6) is 1.14. The van der Waals surface area contributed by atoms with Gasteiger partial charge in [0.15, 0.2) is 11.5 Å². The van der Waals surface area contributed by atoms with Gasteiger partial charge in [0.05, 0.1) is 37.8 Å². The molecule has 188 valence electrons. The molecule has 0 radical (unpaired) electrons. The van der Waals surface area contributed by atoms with Crippen molar-refractivity contribution in [3.63, 3.8) is 0 Å². The van der Waals surface area contributed by atoms with Gasteiger partial charge in [-0.05, 0) is 51.8 Å². The van der Waals surface area contributed by atoms with Crippen LogP contribution in [0.2, 0.25) is 0 Å². The molecular weight excluding hydrogens is 460 g/mol.